The Labute approximate surface area is 276 Å². The molecule has 9 heteroatoms. The molecule has 3 aromatic carbocycles. The Morgan fingerprint density at radius 3 is 1.89 bits per heavy atom. The van der Waals surface area contributed by atoms with Crippen molar-refractivity contribution < 1.29 is 27.9 Å². The summed E-state index contributed by atoms with van der Waals surface area (Å²) in [4.78, 5) is 26.4. The molecule has 0 spiro atoms. The molecule has 0 heterocycles. The van der Waals surface area contributed by atoms with Crippen molar-refractivity contribution in [2.24, 2.45) is 0 Å². The van der Waals surface area contributed by atoms with Crippen LogP contribution < -0.4 is 10.6 Å². The summed E-state index contributed by atoms with van der Waals surface area (Å²) in [5.74, 6) is 18.3. The lowest BCUT2D eigenvalue weighted by Crippen LogP contribution is -2.46. The summed E-state index contributed by atoms with van der Waals surface area (Å²) in [6.07, 6.45) is 4.21. The van der Waals surface area contributed by atoms with Gasteiger partial charge in [0.1, 0.15) is 11.6 Å². The van der Waals surface area contributed by atoms with Crippen LogP contribution in [-0.2, 0) is 36.4 Å². The molecular weight excluding hydrogens is 611 g/mol. The maximum Gasteiger partial charge on any atom is 0.408 e. The summed E-state index contributed by atoms with van der Waals surface area (Å²) in [7, 11) is -3.97. The monoisotopic (exact) mass is 646 g/mol. The van der Waals surface area contributed by atoms with Gasteiger partial charge >= 0.3 is 13.7 Å². The summed E-state index contributed by atoms with van der Waals surface area (Å²) >= 11 is 0. The smallest absolute Gasteiger partial charge is 0.408 e. The van der Waals surface area contributed by atoms with Gasteiger partial charge in [0.05, 0.1) is 13.2 Å². The van der Waals surface area contributed by atoms with E-state index in [1.807, 2.05) is 60.7 Å². The molecule has 238 valence electrons. The standard InChI is InChI=1S/C38H35N2O6P/c1-6-7-8-9-10-13-18-31-23-25-34(26-24-31)39-36(41)35(40-37(42)46-38(3,4)5)30(2)29-47(43,44-27-32-19-14-11-15-20-32)45-28-33-21-16-12-17-22-33/h1,11-12,14-17,19-26,29,35H,27-28H2,2-5H3,(H,39,41)(H,40,42)/b30-29+/t35-/m1/s1. The number of benzene rings is 3. The van der Waals surface area contributed by atoms with Crippen molar-refractivity contribution in [2.75, 3.05) is 5.32 Å². The number of rotatable bonds is 11. The lowest BCUT2D eigenvalue weighted by atomic mass is 10.1. The van der Waals surface area contributed by atoms with Crippen LogP contribution in [0.1, 0.15) is 44.4 Å². The van der Waals surface area contributed by atoms with Gasteiger partial charge in [0, 0.05) is 17.1 Å². The minimum atomic E-state index is -3.97. The number of hydrogen-bond acceptors (Lipinski definition) is 6. The van der Waals surface area contributed by atoms with Gasteiger partial charge in [-0.25, -0.2) is 4.79 Å². The third-order valence-electron chi connectivity index (χ3n) is 5.93. The van der Waals surface area contributed by atoms with Gasteiger partial charge in [-0.1, -0.05) is 66.6 Å². The summed E-state index contributed by atoms with van der Waals surface area (Å²) in [6.45, 7) is 6.65. The van der Waals surface area contributed by atoms with Crippen molar-refractivity contribution in [3.8, 4) is 47.9 Å². The number of terminal acetylenes is 1. The predicted octanol–water partition coefficient (Wildman–Crippen LogP) is 7.04. The van der Waals surface area contributed by atoms with Gasteiger partial charge in [-0.3, -0.25) is 9.36 Å². The van der Waals surface area contributed by atoms with E-state index in [1.165, 1.54) is 5.82 Å². The van der Waals surface area contributed by atoms with E-state index >= 15 is 0 Å². The molecule has 3 aromatic rings. The summed E-state index contributed by atoms with van der Waals surface area (Å²) in [5.41, 5.74) is 2.02. The minimum absolute atomic E-state index is 0.00776. The molecule has 0 saturated heterocycles. The molecule has 0 bridgehead atoms. The molecule has 0 aliphatic carbocycles. The largest absolute Gasteiger partial charge is 0.444 e. The van der Waals surface area contributed by atoms with Gasteiger partial charge in [-0.05, 0) is 104 Å². The van der Waals surface area contributed by atoms with E-state index in [9.17, 15) is 14.2 Å². The second-order valence-electron chi connectivity index (χ2n) is 11.0. The number of amides is 2. The van der Waals surface area contributed by atoms with Crippen LogP contribution >= 0.6 is 7.60 Å². The Kier molecular flexibility index (Phi) is 13.7. The van der Waals surface area contributed by atoms with Gasteiger partial charge in [0.2, 0.25) is 0 Å². The number of ether oxygens (including phenoxy) is 1. The van der Waals surface area contributed by atoms with Crippen molar-refractivity contribution in [1.29, 1.82) is 0 Å². The van der Waals surface area contributed by atoms with E-state index in [0.29, 0.717) is 11.3 Å². The molecule has 3 rings (SSSR count). The highest BCUT2D eigenvalue weighted by molar-refractivity contribution is 7.57. The van der Waals surface area contributed by atoms with Crippen LogP contribution in [0.5, 0.6) is 0 Å². The first kappa shape index (κ1) is 36.0. The number of carbonyl (C=O) groups is 2. The van der Waals surface area contributed by atoms with Crippen LogP contribution in [0.25, 0.3) is 0 Å². The number of nitrogens with one attached hydrogen (secondary N) is 2. The van der Waals surface area contributed by atoms with Gasteiger partial charge in [-0.2, -0.15) is 0 Å². The van der Waals surface area contributed by atoms with Crippen molar-refractivity contribution in [3.63, 3.8) is 0 Å². The molecule has 0 radical (unpaired) electrons. The molecule has 0 saturated carbocycles. The first-order valence-corrected chi connectivity index (χ1v) is 16.1. The van der Waals surface area contributed by atoms with Crippen LogP contribution in [0.2, 0.25) is 0 Å². The van der Waals surface area contributed by atoms with E-state index in [1.54, 1.807) is 52.0 Å². The SMILES string of the molecule is C#CC#CC#CC#Cc1ccc(NC(=O)[C@H](NC(=O)OC(C)(C)C)/C(C)=C/P(=O)(OCc2ccccc2)OCc2ccccc2)cc1. The highest BCUT2D eigenvalue weighted by atomic mass is 31.2. The van der Waals surface area contributed by atoms with Crippen molar-refractivity contribution >= 4 is 25.3 Å². The first-order chi connectivity index (χ1) is 22.5. The van der Waals surface area contributed by atoms with Crippen LogP contribution in [0.4, 0.5) is 10.5 Å². The molecule has 8 nitrogen and oxygen atoms in total. The third-order valence-corrected chi connectivity index (χ3v) is 7.63. The van der Waals surface area contributed by atoms with E-state index < -0.39 is 31.2 Å². The molecule has 2 N–H and O–H groups in total. The minimum Gasteiger partial charge on any atom is -0.444 e. The zero-order chi connectivity index (χ0) is 34.1. The zero-order valence-electron chi connectivity index (χ0n) is 26.6. The zero-order valence-corrected chi connectivity index (χ0v) is 27.5. The molecular formula is C38H35N2O6P. The quantitative estimate of drug-likeness (QED) is 0.171. The van der Waals surface area contributed by atoms with Crippen LogP contribution in [-0.4, -0.2) is 23.6 Å². The summed E-state index contributed by atoms with van der Waals surface area (Å²) in [5, 5.41) is 5.36. The van der Waals surface area contributed by atoms with E-state index in [0.717, 1.165) is 11.1 Å². The van der Waals surface area contributed by atoms with Gasteiger partial charge < -0.3 is 24.4 Å². The van der Waals surface area contributed by atoms with Crippen LogP contribution in [0, 0.1) is 47.9 Å². The van der Waals surface area contributed by atoms with E-state index in [-0.39, 0.29) is 18.8 Å². The Bertz CT molecular complexity index is 1790. The predicted molar refractivity (Wildman–Crippen MR) is 183 cm³/mol. The lowest BCUT2D eigenvalue weighted by molar-refractivity contribution is -0.117. The maximum absolute atomic E-state index is 14.1. The topological polar surface area (TPSA) is 103 Å². The highest BCUT2D eigenvalue weighted by Gasteiger charge is 2.30. The molecule has 1 atom stereocenters. The fourth-order valence-corrected chi connectivity index (χ4v) is 5.34. The molecule has 2 amide bonds. The van der Waals surface area contributed by atoms with E-state index in [2.05, 4.69) is 52.1 Å². The average Bonchev–Trinajstić information content (AvgIpc) is 3.04. The second kappa shape index (κ2) is 17.9. The van der Waals surface area contributed by atoms with Crippen molar-refractivity contribution in [3.05, 3.63) is 113 Å². The molecule has 0 aliphatic heterocycles. The number of anilines is 1. The van der Waals surface area contributed by atoms with Crippen LogP contribution in [0.3, 0.4) is 0 Å². The van der Waals surface area contributed by atoms with Gasteiger partial charge in [0.25, 0.3) is 5.91 Å². The average molecular weight is 647 g/mol. The Hall–Kier alpha value is -5.47. The Balaban J connectivity index is 1.88. The van der Waals surface area contributed by atoms with Gasteiger partial charge in [-0.15, -0.1) is 6.42 Å². The number of alkyl carbamates (subject to hydrolysis) is 1. The van der Waals surface area contributed by atoms with Gasteiger partial charge in [0.15, 0.2) is 0 Å². The molecule has 0 unspecified atom stereocenters. The van der Waals surface area contributed by atoms with E-state index in [4.69, 9.17) is 20.2 Å². The third kappa shape index (κ3) is 13.6. The highest BCUT2D eigenvalue weighted by Crippen LogP contribution is 2.52. The number of hydrogen-bond donors (Lipinski definition) is 2. The summed E-state index contributed by atoms with van der Waals surface area (Å²) < 4.78 is 31.3. The van der Waals surface area contributed by atoms with Crippen molar-refractivity contribution in [1.82, 2.24) is 5.32 Å². The second-order valence-corrected chi connectivity index (χ2v) is 12.8. The Morgan fingerprint density at radius 2 is 1.36 bits per heavy atom. The van der Waals surface area contributed by atoms with Crippen LogP contribution in [0.15, 0.2) is 96.3 Å². The number of carbonyl (C=O) groups excluding carboxylic acids is 2. The summed E-state index contributed by atoms with van der Waals surface area (Å²) in [6, 6.07) is 23.8. The maximum atomic E-state index is 14.1. The fourth-order valence-electron chi connectivity index (χ4n) is 3.81. The lowest BCUT2D eigenvalue weighted by Gasteiger charge is -2.24. The normalized spacial score (nSPS) is 11.5. The first-order valence-electron chi connectivity index (χ1n) is 14.5. The molecule has 0 aromatic heterocycles. The molecule has 47 heavy (non-hydrogen) atoms. The Morgan fingerprint density at radius 1 is 0.830 bits per heavy atom. The van der Waals surface area contributed by atoms with Crippen molar-refractivity contribution in [2.45, 2.75) is 52.6 Å². The molecule has 0 fully saturated rings. The fraction of sp³-hybridized carbons (Fsp3) is 0.211. The molecule has 0 aliphatic rings.